The van der Waals surface area contributed by atoms with Crippen LogP contribution in [0.2, 0.25) is 0 Å². The van der Waals surface area contributed by atoms with E-state index in [0.29, 0.717) is 23.7 Å². The summed E-state index contributed by atoms with van der Waals surface area (Å²) in [6.07, 6.45) is 3.63. The molecule has 3 rings (SSSR count). The topological polar surface area (TPSA) is 65.4 Å². The van der Waals surface area contributed by atoms with Crippen LogP contribution in [0.3, 0.4) is 0 Å². The standard InChI is InChI=1S/C19H19N3O3/c1-22-12-14(11-20-22)13-25-17-9-8-15(10-18(17)24-2)19(23)21-16-6-4-3-5-7-16/h3-12H,13H2,1-2H3,(H,21,23). The summed E-state index contributed by atoms with van der Waals surface area (Å²) < 4.78 is 12.8. The Morgan fingerprint density at radius 2 is 1.96 bits per heavy atom. The van der Waals surface area contributed by atoms with Crippen LogP contribution in [-0.4, -0.2) is 22.8 Å². The lowest BCUT2D eigenvalue weighted by Crippen LogP contribution is -2.12. The number of aromatic nitrogens is 2. The monoisotopic (exact) mass is 337 g/mol. The Labute approximate surface area is 146 Å². The number of carbonyl (C=O) groups excluding carboxylic acids is 1. The van der Waals surface area contributed by atoms with Crippen LogP contribution >= 0.6 is 0 Å². The van der Waals surface area contributed by atoms with Crippen LogP contribution in [0.25, 0.3) is 0 Å². The van der Waals surface area contributed by atoms with Crippen molar-refractivity contribution in [2.45, 2.75) is 6.61 Å². The third-order valence-electron chi connectivity index (χ3n) is 3.61. The molecule has 1 aromatic heterocycles. The zero-order chi connectivity index (χ0) is 17.6. The molecular weight excluding hydrogens is 318 g/mol. The summed E-state index contributed by atoms with van der Waals surface area (Å²) in [6.45, 7) is 0.375. The molecule has 1 N–H and O–H groups in total. The summed E-state index contributed by atoms with van der Waals surface area (Å²) in [7, 11) is 3.40. The second-order valence-electron chi connectivity index (χ2n) is 5.50. The summed E-state index contributed by atoms with van der Waals surface area (Å²) in [5.74, 6) is 0.871. The SMILES string of the molecule is COc1cc(C(=O)Nc2ccccc2)ccc1OCc1cnn(C)c1. The fourth-order valence-electron chi connectivity index (χ4n) is 2.36. The largest absolute Gasteiger partial charge is 0.493 e. The number of para-hydroxylation sites is 1. The van der Waals surface area contributed by atoms with Crippen molar-refractivity contribution in [1.29, 1.82) is 0 Å². The number of nitrogens with one attached hydrogen (secondary N) is 1. The maximum absolute atomic E-state index is 12.4. The molecule has 0 aliphatic carbocycles. The number of ether oxygens (including phenoxy) is 2. The summed E-state index contributed by atoms with van der Waals surface area (Å²) in [5.41, 5.74) is 2.19. The van der Waals surface area contributed by atoms with Crippen LogP contribution < -0.4 is 14.8 Å². The first kappa shape index (κ1) is 16.6. The molecule has 0 bridgehead atoms. The Morgan fingerprint density at radius 3 is 2.64 bits per heavy atom. The maximum Gasteiger partial charge on any atom is 0.255 e. The number of hydrogen-bond donors (Lipinski definition) is 1. The van der Waals surface area contributed by atoms with Gasteiger partial charge in [-0.15, -0.1) is 0 Å². The molecule has 6 heteroatoms. The van der Waals surface area contributed by atoms with Gasteiger partial charge in [-0.05, 0) is 30.3 Å². The molecule has 128 valence electrons. The van der Waals surface area contributed by atoms with Gasteiger partial charge in [0.2, 0.25) is 0 Å². The van der Waals surface area contributed by atoms with Crippen molar-refractivity contribution < 1.29 is 14.3 Å². The van der Waals surface area contributed by atoms with Crippen molar-refractivity contribution in [2.24, 2.45) is 7.05 Å². The van der Waals surface area contributed by atoms with Crippen LogP contribution in [-0.2, 0) is 13.7 Å². The Kier molecular flexibility index (Phi) is 4.99. The molecule has 0 fully saturated rings. The van der Waals surface area contributed by atoms with E-state index >= 15 is 0 Å². The van der Waals surface area contributed by atoms with E-state index in [0.717, 1.165) is 11.3 Å². The minimum Gasteiger partial charge on any atom is -0.493 e. The van der Waals surface area contributed by atoms with E-state index < -0.39 is 0 Å². The van der Waals surface area contributed by atoms with Crippen molar-refractivity contribution in [3.63, 3.8) is 0 Å². The van der Waals surface area contributed by atoms with E-state index in [4.69, 9.17) is 9.47 Å². The van der Waals surface area contributed by atoms with Gasteiger partial charge in [-0.3, -0.25) is 9.48 Å². The van der Waals surface area contributed by atoms with Crippen molar-refractivity contribution >= 4 is 11.6 Å². The summed E-state index contributed by atoms with van der Waals surface area (Å²) in [6, 6.07) is 14.4. The zero-order valence-corrected chi connectivity index (χ0v) is 14.1. The number of nitrogens with zero attached hydrogens (tertiary/aromatic N) is 2. The Bertz CT molecular complexity index is 859. The van der Waals surface area contributed by atoms with Crippen LogP contribution in [0.1, 0.15) is 15.9 Å². The highest BCUT2D eigenvalue weighted by atomic mass is 16.5. The highest BCUT2D eigenvalue weighted by molar-refractivity contribution is 6.04. The van der Waals surface area contributed by atoms with Gasteiger partial charge in [0.1, 0.15) is 6.61 Å². The number of anilines is 1. The average molecular weight is 337 g/mol. The van der Waals surface area contributed by atoms with Gasteiger partial charge in [-0.1, -0.05) is 18.2 Å². The fraction of sp³-hybridized carbons (Fsp3) is 0.158. The van der Waals surface area contributed by atoms with E-state index in [2.05, 4.69) is 10.4 Å². The number of methoxy groups -OCH3 is 1. The number of rotatable bonds is 6. The Hall–Kier alpha value is -3.28. The summed E-state index contributed by atoms with van der Waals surface area (Å²) in [5, 5.41) is 6.94. The minimum atomic E-state index is -0.205. The predicted molar refractivity (Wildman–Crippen MR) is 94.9 cm³/mol. The van der Waals surface area contributed by atoms with Gasteiger partial charge < -0.3 is 14.8 Å². The third kappa shape index (κ3) is 4.17. The van der Waals surface area contributed by atoms with Gasteiger partial charge >= 0.3 is 0 Å². The van der Waals surface area contributed by atoms with Crippen molar-refractivity contribution in [1.82, 2.24) is 9.78 Å². The average Bonchev–Trinajstić information content (AvgIpc) is 3.06. The molecule has 25 heavy (non-hydrogen) atoms. The first-order chi connectivity index (χ1) is 12.2. The smallest absolute Gasteiger partial charge is 0.255 e. The van der Waals surface area contributed by atoms with Crippen LogP contribution in [0.5, 0.6) is 11.5 Å². The van der Waals surface area contributed by atoms with E-state index in [-0.39, 0.29) is 5.91 Å². The van der Waals surface area contributed by atoms with Crippen molar-refractivity contribution in [3.05, 3.63) is 72.1 Å². The fourth-order valence-corrected chi connectivity index (χ4v) is 2.36. The van der Waals surface area contributed by atoms with E-state index in [1.165, 1.54) is 0 Å². The van der Waals surface area contributed by atoms with Crippen molar-refractivity contribution in [3.8, 4) is 11.5 Å². The first-order valence-corrected chi connectivity index (χ1v) is 7.80. The minimum absolute atomic E-state index is 0.205. The second kappa shape index (κ2) is 7.53. The molecule has 0 radical (unpaired) electrons. The molecule has 0 unspecified atom stereocenters. The molecule has 0 saturated carbocycles. The lowest BCUT2D eigenvalue weighted by Gasteiger charge is -2.12. The predicted octanol–water partition coefficient (Wildman–Crippen LogP) is 3.26. The van der Waals surface area contributed by atoms with Crippen molar-refractivity contribution in [2.75, 3.05) is 12.4 Å². The lowest BCUT2D eigenvalue weighted by atomic mass is 10.2. The molecule has 0 atom stereocenters. The number of aryl methyl sites for hydroxylation is 1. The molecule has 0 spiro atoms. The highest BCUT2D eigenvalue weighted by Crippen LogP contribution is 2.29. The second-order valence-corrected chi connectivity index (χ2v) is 5.50. The van der Waals surface area contributed by atoms with Gasteiger partial charge in [0.25, 0.3) is 5.91 Å². The Morgan fingerprint density at radius 1 is 1.16 bits per heavy atom. The molecule has 0 saturated heterocycles. The third-order valence-corrected chi connectivity index (χ3v) is 3.61. The maximum atomic E-state index is 12.4. The van der Waals surface area contributed by atoms with Gasteiger partial charge in [-0.25, -0.2) is 0 Å². The Balaban J connectivity index is 1.71. The number of amides is 1. The molecule has 1 amide bonds. The van der Waals surface area contributed by atoms with E-state index in [1.807, 2.05) is 43.6 Å². The number of benzene rings is 2. The molecule has 2 aromatic carbocycles. The quantitative estimate of drug-likeness (QED) is 0.750. The van der Waals surface area contributed by atoms with E-state index in [9.17, 15) is 4.79 Å². The molecule has 0 aliphatic heterocycles. The van der Waals surface area contributed by atoms with Crippen LogP contribution in [0, 0.1) is 0 Å². The first-order valence-electron chi connectivity index (χ1n) is 7.80. The summed E-state index contributed by atoms with van der Waals surface area (Å²) >= 11 is 0. The number of hydrogen-bond acceptors (Lipinski definition) is 4. The molecule has 6 nitrogen and oxygen atoms in total. The van der Waals surface area contributed by atoms with Crippen LogP contribution in [0.15, 0.2) is 60.9 Å². The normalized spacial score (nSPS) is 10.3. The molecule has 3 aromatic rings. The van der Waals surface area contributed by atoms with E-state index in [1.54, 1.807) is 36.2 Å². The van der Waals surface area contributed by atoms with Gasteiger partial charge in [0, 0.05) is 30.1 Å². The highest BCUT2D eigenvalue weighted by Gasteiger charge is 2.12. The van der Waals surface area contributed by atoms with Gasteiger partial charge in [0.15, 0.2) is 11.5 Å². The van der Waals surface area contributed by atoms with Gasteiger partial charge in [-0.2, -0.15) is 5.10 Å². The molecule has 0 aliphatic rings. The van der Waals surface area contributed by atoms with Crippen LogP contribution in [0.4, 0.5) is 5.69 Å². The number of carbonyl (C=O) groups is 1. The molecular formula is C19H19N3O3. The zero-order valence-electron chi connectivity index (χ0n) is 14.1. The summed E-state index contributed by atoms with van der Waals surface area (Å²) in [4.78, 5) is 12.4. The van der Waals surface area contributed by atoms with Gasteiger partial charge in [0.05, 0.1) is 13.3 Å². The molecule has 1 heterocycles. The lowest BCUT2D eigenvalue weighted by molar-refractivity contribution is 0.102.